The average Bonchev–Trinajstić information content (AvgIpc) is 3.34. The van der Waals surface area contributed by atoms with Crippen molar-refractivity contribution in [1.29, 1.82) is 0 Å². The second kappa shape index (κ2) is 14.8. The van der Waals surface area contributed by atoms with Crippen molar-refractivity contribution in [1.82, 2.24) is 20.9 Å². The zero-order valence-electron chi connectivity index (χ0n) is 23.5. The molecule has 224 valence electrons. The fraction of sp³-hybridized carbons (Fsp3) is 0.367. The summed E-state index contributed by atoms with van der Waals surface area (Å²) < 4.78 is 0. The van der Waals surface area contributed by atoms with Gasteiger partial charge in [0.25, 0.3) is 0 Å². The van der Waals surface area contributed by atoms with Crippen LogP contribution in [0.15, 0.2) is 60.8 Å². The van der Waals surface area contributed by atoms with Crippen LogP contribution in [-0.4, -0.2) is 69.0 Å². The Morgan fingerprint density at radius 1 is 0.786 bits per heavy atom. The van der Waals surface area contributed by atoms with Crippen molar-refractivity contribution in [2.24, 2.45) is 11.7 Å². The maximum atomic E-state index is 13.3. The number of benzene rings is 2. The Bertz CT molecular complexity index is 1410. The second-order valence-corrected chi connectivity index (χ2v) is 10.6. The van der Waals surface area contributed by atoms with E-state index in [0.717, 1.165) is 16.5 Å². The Morgan fingerprint density at radius 3 is 2.02 bits per heavy atom. The molecule has 0 aliphatic rings. The number of carbonyl (C=O) groups excluding carboxylic acids is 3. The number of aromatic nitrogens is 1. The van der Waals surface area contributed by atoms with Gasteiger partial charge in [-0.25, -0.2) is 4.79 Å². The van der Waals surface area contributed by atoms with E-state index in [-0.39, 0.29) is 25.2 Å². The molecule has 0 radical (unpaired) electrons. The summed E-state index contributed by atoms with van der Waals surface area (Å²) in [4.78, 5) is 65.9. The zero-order chi connectivity index (χ0) is 30.8. The molecule has 1 aromatic heterocycles. The Balaban J connectivity index is 1.71. The molecule has 0 aliphatic heterocycles. The molecule has 4 atom stereocenters. The Labute approximate surface area is 243 Å². The Hall–Kier alpha value is -4.71. The first-order chi connectivity index (χ1) is 19.9. The lowest BCUT2D eigenvalue weighted by atomic mass is 10.0. The van der Waals surface area contributed by atoms with Gasteiger partial charge in [-0.3, -0.25) is 19.2 Å². The van der Waals surface area contributed by atoms with E-state index >= 15 is 0 Å². The van der Waals surface area contributed by atoms with Gasteiger partial charge in [0.05, 0.1) is 12.5 Å². The Morgan fingerprint density at radius 2 is 1.38 bits per heavy atom. The van der Waals surface area contributed by atoms with Gasteiger partial charge in [-0.05, 0) is 36.0 Å². The maximum absolute atomic E-state index is 13.3. The van der Waals surface area contributed by atoms with Crippen LogP contribution in [0.2, 0.25) is 0 Å². The summed E-state index contributed by atoms with van der Waals surface area (Å²) >= 11 is 0. The third kappa shape index (κ3) is 9.16. The number of nitrogens with one attached hydrogen (secondary N) is 4. The number of aliphatic carboxylic acids is 2. The lowest BCUT2D eigenvalue weighted by molar-refractivity contribution is -0.143. The van der Waals surface area contributed by atoms with Crippen LogP contribution in [0.3, 0.4) is 0 Å². The number of amides is 3. The first-order valence-electron chi connectivity index (χ1n) is 13.6. The summed E-state index contributed by atoms with van der Waals surface area (Å²) in [5, 5.41) is 27.4. The molecule has 0 saturated heterocycles. The van der Waals surface area contributed by atoms with Crippen molar-refractivity contribution in [3.8, 4) is 0 Å². The summed E-state index contributed by atoms with van der Waals surface area (Å²) in [6, 6.07) is 11.3. The molecule has 3 rings (SSSR count). The second-order valence-electron chi connectivity index (χ2n) is 10.6. The molecule has 0 spiro atoms. The van der Waals surface area contributed by atoms with Crippen LogP contribution in [0.5, 0.6) is 0 Å². The van der Waals surface area contributed by atoms with Crippen molar-refractivity contribution in [3.05, 3.63) is 71.9 Å². The van der Waals surface area contributed by atoms with Crippen LogP contribution in [0, 0.1) is 5.92 Å². The van der Waals surface area contributed by atoms with Crippen molar-refractivity contribution >= 4 is 40.6 Å². The Kier molecular flexibility index (Phi) is 11.2. The molecule has 2 aromatic carbocycles. The first-order valence-corrected chi connectivity index (χ1v) is 13.6. The standard InChI is InChI=1S/C30H37N5O7/c1-17(2)12-23(28(39)35-25(30(41)42)14-19-16-32-22-11-7-6-10-20(19)22)34-29(40)24(15-26(36)37)33-27(38)21(31)13-18-8-4-3-5-9-18/h3-11,16-17,21,23-25,32H,12-15,31H2,1-2H3,(H,33,38)(H,34,40)(H,35,39)(H,36,37)(H,41,42). The molecule has 12 heteroatoms. The molecule has 3 amide bonds. The van der Waals surface area contributed by atoms with Crippen LogP contribution in [-0.2, 0) is 36.8 Å². The predicted octanol–water partition coefficient (Wildman–Crippen LogP) is 1.34. The fourth-order valence-electron chi connectivity index (χ4n) is 4.59. The van der Waals surface area contributed by atoms with E-state index in [9.17, 15) is 34.2 Å². The molecule has 0 saturated carbocycles. The monoisotopic (exact) mass is 579 g/mol. The highest BCUT2D eigenvalue weighted by Crippen LogP contribution is 2.19. The number of carboxylic acid groups (broad SMARTS) is 2. The maximum Gasteiger partial charge on any atom is 0.326 e. The minimum atomic E-state index is -1.51. The third-order valence-corrected chi connectivity index (χ3v) is 6.70. The summed E-state index contributed by atoms with van der Waals surface area (Å²) in [7, 11) is 0. The minimum Gasteiger partial charge on any atom is -0.481 e. The average molecular weight is 580 g/mol. The number of hydrogen-bond donors (Lipinski definition) is 7. The topological polar surface area (TPSA) is 204 Å². The zero-order valence-corrected chi connectivity index (χ0v) is 23.5. The minimum absolute atomic E-state index is 0.00949. The van der Waals surface area contributed by atoms with E-state index in [1.165, 1.54) is 0 Å². The molecule has 8 N–H and O–H groups in total. The summed E-state index contributed by atoms with van der Waals surface area (Å²) in [5.41, 5.74) is 8.31. The normalized spacial score (nSPS) is 14.0. The van der Waals surface area contributed by atoms with E-state index in [1.54, 1.807) is 30.5 Å². The number of nitrogens with two attached hydrogens (primary N) is 1. The predicted molar refractivity (Wildman–Crippen MR) is 155 cm³/mol. The van der Waals surface area contributed by atoms with Gasteiger partial charge < -0.3 is 36.9 Å². The molecule has 1 heterocycles. The molecule has 0 bridgehead atoms. The number of rotatable bonds is 15. The molecule has 4 unspecified atom stereocenters. The highest BCUT2D eigenvalue weighted by atomic mass is 16.4. The number of carbonyl (C=O) groups is 5. The van der Waals surface area contributed by atoms with Gasteiger partial charge in [0, 0.05) is 23.5 Å². The summed E-state index contributed by atoms with van der Waals surface area (Å²) in [6.07, 6.45) is 1.23. The van der Waals surface area contributed by atoms with Gasteiger partial charge in [0.2, 0.25) is 17.7 Å². The van der Waals surface area contributed by atoms with Gasteiger partial charge in [-0.2, -0.15) is 0 Å². The van der Waals surface area contributed by atoms with Crippen LogP contribution >= 0.6 is 0 Å². The number of H-pyrrole nitrogens is 1. The first kappa shape index (κ1) is 31.8. The van der Waals surface area contributed by atoms with Gasteiger partial charge in [-0.15, -0.1) is 0 Å². The van der Waals surface area contributed by atoms with Crippen molar-refractivity contribution in [3.63, 3.8) is 0 Å². The largest absolute Gasteiger partial charge is 0.481 e. The number of fused-ring (bicyclic) bond motifs is 1. The van der Waals surface area contributed by atoms with E-state index in [1.807, 2.05) is 44.2 Å². The molecule has 12 nitrogen and oxygen atoms in total. The van der Waals surface area contributed by atoms with Crippen molar-refractivity contribution in [2.45, 2.75) is 63.7 Å². The molecule has 0 fully saturated rings. The molecule has 3 aromatic rings. The molecular formula is C30H37N5O7. The summed E-state index contributed by atoms with van der Waals surface area (Å²) in [5.74, 6) is -5.07. The van der Waals surface area contributed by atoms with Gasteiger partial charge in [0.15, 0.2) is 0 Å². The summed E-state index contributed by atoms with van der Waals surface area (Å²) in [6.45, 7) is 3.62. The van der Waals surface area contributed by atoms with Crippen LogP contribution < -0.4 is 21.7 Å². The van der Waals surface area contributed by atoms with Gasteiger partial charge >= 0.3 is 11.9 Å². The molecule has 42 heavy (non-hydrogen) atoms. The SMILES string of the molecule is CC(C)CC(NC(=O)C(CC(=O)O)NC(=O)C(N)Cc1ccccc1)C(=O)NC(Cc1c[nH]c2ccccc12)C(=O)O. The van der Waals surface area contributed by atoms with Gasteiger partial charge in [-0.1, -0.05) is 62.4 Å². The van der Waals surface area contributed by atoms with E-state index < -0.39 is 60.2 Å². The quantitative estimate of drug-likeness (QED) is 0.140. The van der Waals surface area contributed by atoms with E-state index in [4.69, 9.17) is 5.73 Å². The smallest absolute Gasteiger partial charge is 0.326 e. The fourth-order valence-corrected chi connectivity index (χ4v) is 4.59. The third-order valence-electron chi connectivity index (χ3n) is 6.70. The number of hydrogen-bond acceptors (Lipinski definition) is 6. The lowest BCUT2D eigenvalue weighted by Gasteiger charge is -2.25. The highest BCUT2D eigenvalue weighted by Gasteiger charge is 2.32. The van der Waals surface area contributed by atoms with Crippen LogP contribution in [0.25, 0.3) is 10.9 Å². The molecular weight excluding hydrogens is 542 g/mol. The lowest BCUT2D eigenvalue weighted by Crippen LogP contribution is -2.58. The van der Waals surface area contributed by atoms with E-state index in [2.05, 4.69) is 20.9 Å². The van der Waals surface area contributed by atoms with Crippen LogP contribution in [0.1, 0.15) is 37.8 Å². The number of aromatic amines is 1. The van der Waals surface area contributed by atoms with E-state index in [0.29, 0.717) is 5.56 Å². The highest BCUT2D eigenvalue weighted by molar-refractivity contribution is 5.96. The van der Waals surface area contributed by atoms with Crippen molar-refractivity contribution in [2.75, 3.05) is 0 Å². The van der Waals surface area contributed by atoms with Crippen molar-refractivity contribution < 1.29 is 34.2 Å². The number of para-hydroxylation sites is 1. The number of carboxylic acids is 2. The van der Waals surface area contributed by atoms with Gasteiger partial charge in [0.1, 0.15) is 18.1 Å². The molecule has 0 aliphatic carbocycles. The van der Waals surface area contributed by atoms with Crippen LogP contribution in [0.4, 0.5) is 0 Å².